The molecule has 8 nitrogen and oxygen atoms in total. The van der Waals surface area contributed by atoms with Crippen LogP contribution in [0.4, 0.5) is 5.69 Å². The molecular formula is C27H20I2N4O4. The zero-order chi connectivity index (χ0) is 26.4. The lowest BCUT2D eigenvalue weighted by Crippen LogP contribution is -2.26. The van der Waals surface area contributed by atoms with Crippen LogP contribution in [-0.2, 0) is 17.8 Å². The third kappa shape index (κ3) is 6.66. The molecular weight excluding hydrogens is 698 g/mol. The standard InChI is InChI=1S/C27H20I2N4O4/c28-23-12-18(13-24(29)26(23)37-16-17-4-3-5-21(11-17)33(35)36)10-20(14-30)27(34)31-9-8-19-15-32-25-7-2-1-6-22(19)25/h1-7,10-13,15,32H,8-9,16H2,(H,31,34)/b20-10-. The smallest absolute Gasteiger partial charge is 0.269 e. The minimum absolute atomic E-state index is 0.00902. The number of nitriles is 1. The molecule has 0 spiro atoms. The van der Waals surface area contributed by atoms with Crippen molar-refractivity contribution < 1.29 is 14.5 Å². The van der Waals surface area contributed by atoms with E-state index in [1.54, 1.807) is 18.2 Å². The highest BCUT2D eigenvalue weighted by atomic mass is 127. The predicted molar refractivity (Wildman–Crippen MR) is 158 cm³/mol. The van der Waals surface area contributed by atoms with Crippen LogP contribution < -0.4 is 10.1 Å². The number of nitro groups is 1. The van der Waals surface area contributed by atoms with Crippen molar-refractivity contribution in [2.75, 3.05) is 6.54 Å². The minimum atomic E-state index is -0.441. The molecule has 4 rings (SSSR count). The highest BCUT2D eigenvalue weighted by Crippen LogP contribution is 2.31. The van der Waals surface area contributed by atoms with E-state index in [9.17, 15) is 20.2 Å². The summed E-state index contributed by atoms with van der Waals surface area (Å²) in [5.74, 6) is 0.199. The maximum atomic E-state index is 12.7. The van der Waals surface area contributed by atoms with Crippen molar-refractivity contribution in [3.63, 3.8) is 0 Å². The second kappa shape index (κ2) is 12.2. The van der Waals surface area contributed by atoms with Crippen LogP contribution in [0.1, 0.15) is 16.7 Å². The van der Waals surface area contributed by atoms with Crippen LogP contribution in [0.15, 0.2) is 72.4 Å². The normalized spacial score (nSPS) is 11.2. The number of nitrogens with one attached hydrogen (secondary N) is 2. The second-order valence-corrected chi connectivity index (χ2v) is 10.4. The Bertz CT molecular complexity index is 1530. The summed E-state index contributed by atoms with van der Waals surface area (Å²) in [6.45, 7) is 0.574. The molecule has 3 aromatic carbocycles. The van der Waals surface area contributed by atoms with E-state index in [0.29, 0.717) is 29.8 Å². The van der Waals surface area contributed by atoms with Gasteiger partial charge in [0.25, 0.3) is 11.6 Å². The number of carbonyl (C=O) groups excluding carboxylic acids is 1. The molecule has 0 bridgehead atoms. The zero-order valence-electron chi connectivity index (χ0n) is 19.3. The second-order valence-electron chi connectivity index (χ2n) is 8.06. The summed E-state index contributed by atoms with van der Waals surface area (Å²) in [6, 6.07) is 19.9. The third-order valence-electron chi connectivity index (χ3n) is 5.56. The van der Waals surface area contributed by atoms with Crippen LogP contribution in [0.3, 0.4) is 0 Å². The summed E-state index contributed by atoms with van der Waals surface area (Å²) in [5.41, 5.74) is 3.54. The van der Waals surface area contributed by atoms with E-state index in [4.69, 9.17) is 4.74 Å². The van der Waals surface area contributed by atoms with E-state index >= 15 is 0 Å². The highest BCUT2D eigenvalue weighted by Gasteiger charge is 2.13. The number of amides is 1. The summed E-state index contributed by atoms with van der Waals surface area (Å²) in [5, 5.41) is 24.5. The van der Waals surface area contributed by atoms with Gasteiger partial charge in [0, 0.05) is 35.8 Å². The number of carbonyl (C=O) groups is 1. The Morgan fingerprint density at radius 2 is 1.89 bits per heavy atom. The van der Waals surface area contributed by atoms with Gasteiger partial charge in [-0.15, -0.1) is 0 Å². The highest BCUT2D eigenvalue weighted by molar-refractivity contribution is 14.1. The molecule has 1 heterocycles. The Labute approximate surface area is 240 Å². The molecule has 4 aromatic rings. The average Bonchev–Trinajstić information content (AvgIpc) is 3.30. The molecule has 0 saturated heterocycles. The van der Waals surface area contributed by atoms with E-state index in [1.807, 2.05) is 48.7 Å². The molecule has 0 atom stereocenters. The summed E-state index contributed by atoms with van der Waals surface area (Å²) in [6.07, 6.45) is 4.13. The first-order valence-corrected chi connectivity index (χ1v) is 13.3. The molecule has 1 aromatic heterocycles. The number of rotatable bonds is 9. The van der Waals surface area contributed by atoms with Gasteiger partial charge in [0.2, 0.25) is 0 Å². The van der Waals surface area contributed by atoms with Crippen molar-refractivity contribution in [1.82, 2.24) is 10.3 Å². The maximum Gasteiger partial charge on any atom is 0.269 e. The first kappa shape index (κ1) is 26.6. The number of nitro benzene ring substituents is 1. The molecule has 0 radical (unpaired) electrons. The summed E-state index contributed by atoms with van der Waals surface area (Å²) >= 11 is 4.26. The Morgan fingerprint density at radius 1 is 1.14 bits per heavy atom. The van der Waals surface area contributed by atoms with Crippen LogP contribution in [0.25, 0.3) is 17.0 Å². The van der Waals surface area contributed by atoms with Gasteiger partial charge in [0.05, 0.1) is 12.1 Å². The fourth-order valence-corrected chi connectivity index (χ4v) is 5.90. The summed E-state index contributed by atoms with van der Waals surface area (Å²) in [4.78, 5) is 26.4. The minimum Gasteiger partial charge on any atom is -0.487 e. The molecule has 1 amide bonds. The zero-order valence-corrected chi connectivity index (χ0v) is 23.6. The van der Waals surface area contributed by atoms with Gasteiger partial charge in [-0.1, -0.05) is 30.3 Å². The van der Waals surface area contributed by atoms with E-state index in [0.717, 1.165) is 23.6 Å². The Morgan fingerprint density at radius 3 is 2.62 bits per heavy atom. The molecule has 2 N–H and O–H groups in total. The largest absolute Gasteiger partial charge is 0.487 e. The monoisotopic (exact) mass is 718 g/mol. The van der Waals surface area contributed by atoms with Crippen LogP contribution >= 0.6 is 45.2 Å². The fourth-order valence-electron chi connectivity index (χ4n) is 3.78. The number of para-hydroxylation sites is 1. The van der Waals surface area contributed by atoms with Crippen molar-refractivity contribution in [3.05, 3.63) is 106 Å². The van der Waals surface area contributed by atoms with Gasteiger partial charge in [0.15, 0.2) is 0 Å². The average molecular weight is 718 g/mol. The first-order valence-electron chi connectivity index (χ1n) is 11.2. The van der Waals surface area contributed by atoms with Gasteiger partial charge in [-0.05, 0) is 92.6 Å². The Hall–Kier alpha value is -3.44. The number of halogens is 2. The number of fused-ring (bicyclic) bond motifs is 1. The van der Waals surface area contributed by atoms with Crippen LogP contribution in [-0.4, -0.2) is 22.4 Å². The SMILES string of the molecule is N#C/C(=C/c1cc(I)c(OCc2cccc([N+](=O)[O-])c2)c(I)c1)C(=O)NCCc1c[nH]c2ccccc12. The van der Waals surface area contributed by atoms with Crippen LogP contribution in [0.2, 0.25) is 0 Å². The lowest BCUT2D eigenvalue weighted by molar-refractivity contribution is -0.384. The number of benzene rings is 3. The number of hydrogen-bond acceptors (Lipinski definition) is 5. The number of nitrogens with zero attached hydrogens (tertiary/aromatic N) is 2. The topological polar surface area (TPSA) is 121 Å². The molecule has 0 fully saturated rings. The van der Waals surface area contributed by atoms with Crippen molar-refractivity contribution in [2.24, 2.45) is 0 Å². The third-order valence-corrected chi connectivity index (χ3v) is 7.16. The van der Waals surface area contributed by atoms with E-state index in [1.165, 1.54) is 12.1 Å². The fraction of sp³-hybridized carbons (Fsp3) is 0.111. The number of aromatic nitrogens is 1. The number of H-pyrrole nitrogens is 1. The van der Waals surface area contributed by atoms with Gasteiger partial charge in [-0.3, -0.25) is 14.9 Å². The van der Waals surface area contributed by atoms with E-state index in [-0.39, 0.29) is 17.9 Å². The van der Waals surface area contributed by atoms with Crippen molar-refractivity contribution in [3.8, 4) is 11.8 Å². The van der Waals surface area contributed by atoms with Crippen molar-refractivity contribution >= 4 is 73.8 Å². The molecule has 0 aliphatic heterocycles. The van der Waals surface area contributed by atoms with Gasteiger partial charge in [0.1, 0.15) is 24.0 Å². The molecule has 0 unspecified atom stereocenters. The van der Waals surface area contributed by atoms with E-state index in [2.05, 4.69) is 55.5 Å². The van der Waals surface area contributed by atoms with E-state index < -0.39 is 10.8 Å². The van der Waals surface area contributed by atoms with Gasteiger partial charge < -0.3 is 15.0 Å². The summed E-state index contributed by atoms with van der Waals surface area (Å²) in [7, 11) is 0. The number of ether oxygens (including phenoxy) is 1. The van der Waals surface area contributed by atoms with Crippen molar-refractivity contribution in [2.45, 2.75) is 13.0 Å². The number of non-ortho nitro benzene ring substituents is 1. The molecule has 10 heteroatoms. The molecule has 0 aliphatic rings. The first-order chi connectivity index (χ1) is 17.9. The maximum absolute atomic E-state index is 12.7. The van der Waals surface area contributed by atoms with Gasteiger partial charge >= 0.3 is 0 Å². The van der Waals surface area contributed by atoms with Crippen LogP contribution in [0.5, 0.6) is 5.75 Å². The lowest BCUT2D eigenvalue weighted by atomic mass is 10.1. The number of aromatic amines is 1. The lowest BCUT2D eigenvalue weighted by Gasteiger charge is -2.12. The molecule has 37 heavy (non-hydrogen) atoms. The van der Waals surface area contributed by atoms with Gasteiger partial charge in [-0.2, -0.15) is 5.26 Å². The quantitative estimate of drug-likeness (QED) is 0.0710. The Kier molecular flexibility index (Phi) is 8.78. The van der Waals surface area contributed by atoms with Crippen molar-refractivity contribution in [1.29, 1.82) is 5.26 Å². The molecule has 186 valence electrons. The molecule has 0 aliphatic carbocycles. The predicted octanol–water partition coefficient (Wildman–Crippen LogP) is 6.13. The Balaban J connectivity index is 1.41. The van der Waals surface area contributed by atoms with Gasteiger partial charge in [-0.25, -0.2) is 0 Å². The molecule has 0 saturated carbocycles. The number of hydrogen-bond donors (Lipinski definition) is 2. The van der Waals surface area contributed by atoms with Crippen LogP contribution in [0, 0.1) is 28.6 Å². The summed E-state index contributed by atoms with van der Waals surface area (Å²) < 4.78 is 7.52.